The quantitative estimate of drug-likeness (QED) is 0.736. The Hall–Kier alpha value is -2.25. The van der Waals surface area contributed by atoms with Crippen LogP contribution in [0.25, 0.3) is 0 Å². The van der Waals surface area contributed by atoms with Crippen LogP contribution in [0.2, 0.25) is 0 Å². The number of imidazole rings is 1. The number of hydrogen-bond donors (Lipinski definition) is 0. The van der Waals surface area contributed by atoms with Gasteiger partial charge in [-0.05, 0) is 30.9 Å². The Morgan fingerprint density at radius 3 is 3.00 bits per heavy atom. The first-order valence-corrected chi connectivity index (χ1v) is 9.05. The first-order valence-electron chi connectivity index (χ1n) is 9.05. The smallest absolute Gasteiger partial charge is 0.274 e. The fourth-order valence-corrected chi connectivity index (χ4v) is 3.86. The molecule has 4 heterocycles. The van der Waals surface area contributed by atoms with Crippen LogP contribution in [0.1, 0.15) is 29.0 Å². The molecule has 26 heavy (non-hydrogen) atoms. The van der Waals surface area contributed by atoms with E-state index in [0.717, 1.165) is 25.1 Å². The fourth-order valence-electron chi connectivity index (χ4n) is 3.86. The summed E-state index contributed by atoms with van der Waals surface area (Å²) >= 11 is 0. The normalized spacial score (nSPS) is 21.1. The highest BCUT2D eigenvalue weighted by Crippen LogP contribution is 2.42. The van der Waals surface area contributed by atoms with Gasteiger partial charge >= 0.3 is 0 Å². The number of ether oxygens (including phenoxy) is 2. The number of likely N-dealkylation sites (tertiary alicyclic amines) is 1. The maximum absolute atomic E-state index is 12.5. The van der Waals surface area contributed by atoms with Crippen molar-refractivity contribution in [2.45, 2.75) is 25.0 Å². The highest BCUT2D eigenvalue weighted by Gasteiger charge is 2.54. The molecule has 7 heteroatoms. The molecule has 2 fully saturated rings. The maximum Gasteiger partial charge on any atom is 0.274 e. The second-order valence-electron chi connectivity index (χ2n) is 7.15. The highest BCUT2D eigenvalue weighted by molar-refractivity contribution is 5.92. The Morgan fingerprint density at radius 2 is 2.27 bits per heavy atom. The first-order chi connectivity index (χ1) is 12.7. The molecule has 0 radical (unpaired) electrons. The van der Waals surface area contributed by atoms with E-state index in [1.54, 1.807) is 23.3 Å². The van der Waals surface area contributed by atoms with Gasteiger partial charge in [-0.1, -0.05) is 6.07 Å². The topological polar surface area (TPSA) is 69.5 Å². The molecule has 2 aromatic rings. The molecule has 0 aliphatic carbocycles. The molecule has 4 rings (SSSR count). The lowest BCUT2D eigenvalue weighted by Gasteiger charge is -2.50. The minimum Gasteiger partial charge on any atom is -0.375 e. The third kappa shape index (κ3) is 3.37. The second kappa shape index (κ2) is 7.17. The van der Waals surface area contributed by atoms with Crippen molar-refractivity contribution in [2.24, 2.45) is 13.0 Å². The van der Waals surface area contributed by atoms with Gasteiger partial charge in [-0.3, -0.25) is 9.78 Å². The summed E-state index contributed by atoms with van der Waals surface area (Å²) in [7, 11) is 1.86. The van der Waals surface area contributed by atoms with E-state index in [4.69, 9.17) is 9.47 Å². The largest absolute Gasteiger partial charge is 0.375 e. The maximum atomic E-state index is 12.5. The van der Waals surface area contributed by atoms with Crippen molar-refractivity contribution < 1.29 is 14.3 Å². The van der Waals surface area contributed by atoms with Crippen LogP contribution in [-0.2, 0) is 23.1 Å². The molecule has 1 atom stereocenters. The van der Waals surface area contributed by atoms with E-state index in [1.165, 1.54) is 0 Å². The molecule has 0 unspecified atom stereocenters. The number of carbonyl (C=O) groups excluding carboxylic acids is 1. The van der Waals surface area contributed by atoms with Gasteiger partial charge in [-0.2, -0.15) is 0 Å². The molecule has 2 saturated heterocycles. The minimum atomic E-state index is -0.196. The Balaban J connectivity index is 1.26. The van der Waals surface area contributed by atoms with E-state index in [1.807, 2.05) is 30.1 Å². The number of amides is 1. The van der Waals surface area contributed by atoms with Crippen molar-refractivity contribution in [3.63, 3.8) is 0 Å². The van der Waals surface area contributed by atoms with E-state index in [-0.39, 0.29) is 11.5 Å². The van der Waals surface area contributed by atoms with Crippen molar-refractivity contribution in [2.75, 3.05) is 26.3 Å². The standard InChI is InChI=1S/C19H24N4O3/c1-22-10-17(21-14-22)18(24)23-12-19(13-23)15(6-9-26-19)5-8-25-11-16-4-2-3-7-20-16/h2-4,7,10,14-15H,5-6,8-9,11-13H2,1H3/t15-/m0/s1. The van der Waals surface area contributed by atoms with Crippen LogP contribution >= 0.6 is 0 Å². The Bertz CT molecular complexity index is 755. The summed E-state index contributed by atoms with van der Waals surface area (Å²) in [6, 6.07) is 5.83. The van der Waals surface area contributed by atoms with Gasteiger partial charge in [0.05, 0.1) is 31.7 Å². The van der Waals surface area contributed by atoms with E-state index < -0.39 is 0 Å². The monoisotopic (exact) mass is 356 g/mol. The molecule has 7 nitrogen and oxygen atoms in total. The number of nitrogens with zero attached hydrogens (tertiary/aromatic N) is 4. The molecule has 138 valence electrons. The molecular weight excluding hydrogens is 332 g/mol. The van der Waals surface area contributed by atoms with Crippen molar-refractivity contribution in [3.8, 4) is 0 Å². The Morgan fingerprint density at radius 1 is 1.38 bits per heavy atom. The number of aryl methyl sites for hydroxylation is 1. The lowest BCUT2D eigenvalue weighted by Crippen LogP contribution is -2.66. The number of pyridine rings is 1. The average molecular weight is 356 g/mol. The minimum absolute atomic E-state index is 0.0168. The van der Waals surface area contributed by atoms with Crippen LogP contribution in [0.5, 0.6) is 0 Å². The molecule has 2 aromatic heterocycles. The van der Waals surface area contributed by atoms with Crippen LogP contribution in [0, 0.1) is 5.92 Å². The van der Waals surface area contributed by atoms with Crippen LogP contribution in [0.4, 0.5) is 0 Å². The molecule has 2 aliphatic heterocycles. The molecule has 1 spiro atoms. The van der Waals surface area contributed by atoms with Crippen LogP contribution < -0.4 is 0 Å². The number of aromatic nitrogens is 3. The van der Waals surface area contributed by atoms with Gasteiger partial charge < -0.3 is 18.9 Å². The van der Waals surface area contributed by atoms with Gasteiger partial charge in [0.1, 0.15) is 11.3 Å². The Kier molecular flexibility index (Phi) is 4.74. The zero-order valence-corrected chi connectivity index (χ0v) is 15.0. The molecule has 0 bridgehead atoms. The zero-order chi connectivity index (χ0) is 18.0. The van der Waals surface area contributed by atoms with Crippen molar-refractivity contribution in [3.05, 3.63) is 48.3 Å². The van der Waals surface area contributed by atoms with E-state index in [9.17, 15) is 4.79 Å². The zero-order valence-electron chi connectivity index (χ0n) is 15.0. The van der Waals surface area contributed by atoms with Gasteiger partial charge in [0.2, 0.25) is 0 Å². The van der Waals surface area contributed by atoms with Crippen LogP contribution in [-0.4, -0.2) is 57.2 Å². The van der Waals surface area contributed by atoms with Gasteiger partial charge in [0.25, 0.3) is 5.91 Å². The first kappa shape index (κ1) is 17.2. The van der Waals surface area contributed by atoms with Gasteiger partial charge in [0.15, 0.2) is 0 Å². The summed E-state index contributed by atoms with van der Waals surface area (Å²) in [5, 5.41) is 0. The summed E-state index contributed by atoms with van der Waals surface area (Å²) in [4.78, 5) is 22.7. The molecule has 0 N–H and O–H groups in total. The average Bonchev–Trinajstić information content (AvgIpc) is 3.24. The predicted molar refractivity (Wildman–Crippen MR) is 94.4 cm³/mol. The van der Waals surface area contributed by atoms with Crippen molar-refractivity contribution >= 4 is 5.91 Å². The lowest BCUT2D eigenvalue weighted by atomic mass is 9.79. The van der Waals surface area contributed by atoms with E-state index in [0.29, 0.717) is 37.9 Å². The number of hydrogen-bond acceptors (Lipinski definition) is 5. The summed E-state index contributed by atoms with van der Waals surface area (Å²) in [6.07, 6.45) is 7.15. The summed E-state index contributed by atoms with van der Waals surface area (Å²) in [5.41, 5.74) is 1.25. The predicted octanol–water partition coefficient (Wildman–Crippen LogP) is 1.65. The summed E-state index contributed by atoms with van der Waals surface area (Å²) in [5.74, 6) is 0.413. The van der Waals surface area contributed by atoms with E-state index >= 15 is 0 Å². The molecule has 2 aliphatic rings. The Labute approximate surface area is 152 Å². The SMILES string of the molecule is Cn1cnc(C(=O)N2CC3(C2)OCC[C@@H]3CCOCc2ccccn2)c1. The lowest BCUT2D eigenvalue weighted by molar-refractivity contribution is -0.120. The molecule has 0 saturated carbocycles. The third-order valence-corrected chi connectivity index (χ3v) is 5.31. The van der Waals surface area contributed by atoms with Gasteiger partial charge in [0, 0.05) is 32.7 Å². The molecular formula is C19H24N4O3. The third-order valence-electron chi connectivity index (χ3n) is 5.31. The van der Waals surface area contributed by atoms with Crippen LogP contribution in [0.3, 0.4) is 0 Å². The van der Waals surface area contributed by atoms with Crippen molar-refractivity contribution in [1.82, 2.24) is 19.4 Å². The summed E-state index contributed by atoms with van der Waals surface area (Å²) < 4.78 is 13.6. The highest BCUT2D eigenvalue weighted by atomic mass is 16.5. The van der Waals surface area contributed by atoms with Gasteiger partial charge in [-0.25, -0.2) is 4.98 Å². The molecule has 0 aromatic carbocycles. The summed E-state index contributed by atoms with van der Waals surface area (Å²) in [6.45, 7) is 3.27. The van der Waals surface area contributed by atoms with Gasteiger partial charge in [-0.15, -0.1) is 0 Å². The fraction of sp³-hybridized carbons (Fsp3) is 0.526. The second-order valence-corrected chi connectivity index (χ2v) is 7.15. The van der Waals surface area contributed by atoms with Crippen molar-refractivity contribution in [1.29, 1.82) is 0 Å². The number of carbonyl (C=O) groups is 1. The van der Waals surface area contributed by atoms with Crippen LogP contribution in [0.15, 0.2) is 36.9 Å². The van der Waals surface area contributed by atoms with E-state index in [2.05, 4.69) is 9.97 Å². The molecule has 1 amide bonds. The number of rotatable bonds is 6.